The maximum atomic E-state index is 13.3. The van der Waals surface area contributed by atoms with E-state index in [-0.39, 0.29) is 5.02 Å². The number of nitrogens with zero attached hydrogens (tertiary/aromatic N) is 2. The Balaban J connectivity index is 2.50. The highest BCUT2D eigenvalue weighted by Gasteiger charge is 2.09. The summed E-state index contributed by atoms with van der Waals surface area (Å²) in [4.78, 5) is 0.857. The molecular weight excluding hydrogens is 249 g/mol. The molecule has 0 saturated carbocycles. The molecule has 3 nitrogen and oxygen atoms in total. The Labute approximate surface area is 101 Å². The van der Waals surface area contributed by atoms with Gasteiger partial charge in [0.1, 0.15) is 11.6 Å². The van der Waals surface area contributed by atoms with Crippen molar-refractivity contribution in [2.75, 3.05) is 12.0 Å². The van der Waals surface area contributed by atoms with Crippen LogP contribution < -0.4 is 5.73 Å². The van der Waals surface area contributed by atoms with Crippen molar-refractivity contribution < 1.29 is 4.39 Å². The van der Waals surface area contributed by atoms with Gasteiger partial charge in [0.25, 0.3) is 0 Å². The Bertz CT molecular complexity index is 527. The first-order valence-corrected chi connectivity index (χ1v) is 6.06. The minimum Gasteiger partial charge on any atom is -0.383 e. The number of halogens is 2. The second-order valence-electron chi connectivity index (χ2n) is 3.11. The van der Waals surface area contributed by atoms with Gasteiger partial charge in [0.2, 0.25) is 0 Å². The third-order valence-electron chi connectivity index (χ3n) is 2.14. The summed E-state index contributed by atoms with van der Waals surface area (Å²) in [5, 5.41) is 4.17. The van der Waals surface area contributed by atoms with Gasteiger partial charge in [-0.1, -0.05) is 11.6 Å². The maximum absolute atomic E-state index is 13.3. The summed E-state index contributed by atoms with van der Waals surface area (Å²) in [6.07, 6.45) is 3.55. The van der Waals surface area contributed by atoms with Crippen LogP contribution in [0.25, 0.3) is 5.69 Å². The quantitative estimate of drug-likeness (QED) is 0.842. The van der Waals surface area contributed by atoms with Crippen LogP contribution in [-0.2, 0) is 0 Å². The van der Waals surface area contributed by atoms with Gasteiger partial charge in [0.15, 0.2) is 0 Å². The van der Waals surface area contributed by atoms with Gasteiger partial charge in [-0.05, 0) is 18.4 Å². The predicted molar refractivity (Wildman–Crippen MR) is 64.7 cm³/mol. The molecule has 1 aromatic heterocycles. The van der Waals surface area contributed by atoms with E-state index in [4.69, 9.17) is 17.3 Å². The molecule has 16 heavy (non-hydrogen) atoms. The van der Waals surface area contributed by atoms with E-state index in [1.54, 1.807) is 12.3 Å². The van der Waals surface area contributed by atoms with Crippen LogP contribution in [0, 0.1) is 5.82 Å². The number of benzene rings is 1. The zero-order valence-corrected chi connectivity index (χ0v) is 10.0. The largest absolute Gasteiger partial charge is 0.383 e. The van der Waals surface area contributed by atoms with Crippen LogP contribution in [0.1, 0.15) is 0 Å². The third-order valence-corrected chi connectivity index (χ3v) is 3.20. The molecule has 6 heteroatoms. The Hall–Kier alpha value is -1.20. The standard InChI is InChI=1S/C10H9ClFN3S/c1-16-9-5-14-15(10(9)13)6-2-3-7(11)8(12)4-6/h2-5H,13H2,1H3. The van der Waals surface area contributed by atoms with Gasteiger partial charge in [-0.2, -0.15) is 5.10 Å². The number of hydrogen-bond acceptors (Lipinski definition) is 3. The topological polar surface area (TPSA) is 43.8 Å². The van der Waals surface area contributed by atoms with E-state index in [0.29, 0.717) is 11.5 Å². The van der Waals surface area contributed by atoms with Gasteiger partial charge in [-0.3, -0.25) is 0 Å². The molecule has 1 heterocycles. The molecule has 0 aliphatic carbocycles. The van der Waals surface area contributed by atoms with Gasteiger partial charge in [0.05, 0.1) is 21.8 Å². The van der Waals surface area contributed by atoms with Gasteiger partial charge >= 0.3 is 0 Å². The highest BCUT2D eigenvalue weighted by Crippen LogP contribution is 2.26. The van der Waals surface area contributed by atoms with Gasteiger partial charge in [-0.25, -0.2) is 9.07 Å². The predicted octanol–water partition coefficient (Wildman–Crippen LogP) is 2.97. The van der Waals surface area contributed by atoms with Crippen molar-refractivity contribution in [3.63, 3.8) is 0 Å². The number of nitrogen functional groups attached to an aromatic ring is 1. The molecule has 0 bridgehead atoms. The minimum absolute atomic E-state index is 0.0829. The van der Waals surface area contributed by atoms with Crippen molar-refractivity contribution in [2.24, 2.45) is 0 Å². The van der Waals surface area contributed by atoms with E-state index < -0.39 is 5.82 Å². The Morgan fingerprint density at radius 1 is 1.50 bits per heavy atom. The molecule has 0 spiro atoms. The molecule has 2 N–H and O–H groups in total. The third kappa shape index (κ3) is 1.88. The van der Waals surface area contributed by atoms with Crippen molar-refractivity contribution in [1.82, 2.24) is 9.78 Å². The van der Waals surface area contributed by atoms with E-state index in [9.17, 15) is 4.39 Å². The lowest BCUT2D eigenvalue weighted by Gasteiger charge is -2.05. The average Bonchev–Trinajstić information content (AvgIpc) is 2.64. The molecule has 0 saturated heterocycles. The van der Waals surface area contributed by atoms with Crippen LogP contribution in [0.5, 0.6) is 0 Å². The van der Waals surface area contributed by atoms with Crippen LogP contribution in [0.15, 0.2) is 29.3 Å². The first kappa shape index (κ1) is 11.3. The van der Waals surface area contributed by atoms with E-state index in [1.165, 1.54) is 28.6 Å². The molecule has 0 aliphatic rings. The number of nitrogens with two attached hydrogens (primary N) is 1. The fraction of sp³-hybridized carbons (Fsp3) is 0.100. The van der Waals surface area contributed by atoms with Gasteiger partial charge in [0, 0.05) is 6.07 Å². The number of thioether (sulfide) groups is 1. The number of anilines is 1. The van der Waals surface area contributed by atoms with E-state index in [1.807, 2.05) is 6.26 Å². The highest BCUT2D eigenvalue weighted by atomic mass is 35.5. The van der Waals surface area contributed by atoms with E-state index in [0.717, 1.165) is 4.90 Å². The molecule has 2 rings (SSSR count). The average molecular weight is 258 g/mol. The molecule has 0 atom stereocenters. The molecule has 0 radical (unpaired) electrons. The fourth-order valence-electron chi connectivity index (χ4n) is 1.32. The smallest absolute Gasteiger partial charge is 0.143 e. The summed E-state index contributed by atoms with van der Waals surface area (Å²) >= 11 is 7.09. The lowest BCUT2D eigenvalue weighted by atomic mass is 10.3. The first-order chi connectivity index (χ1) is 7.63. The van der Waals surface area contributed by atoms with Crippen LogP contribution >= 0.6 is 23.4 Å². The summed E-state index contributed by atoms with van der Waals surface area (Å²) < 4.78 is 14.7. The summed E-state index contributed by atoms with van der Waals surface area (Å²) in [5.41, 5.74) is 6.41. The van der Waals surface area contributed by atoms with Crippen LogP contribution in [-0.4, -0.2) is 16.0 Å². The highest BCUT2D eigenvalue weighted by molar-refractivity contribution is 7.98. The molecule has 0 aliphatic heterocycles. The SMILES string of the molecule is CSc1cnn(-c2ccc(Cl)c(F)c2)c1N. The summed E-state index contributed by atoms with van der Waals surface area (Å²) in [6.45, 7) is 0. The maximum Gasteiger partial charge on any atom is 0.143 e. The normalized spacial score (nSPS) is 10.7. The van der Waals surface area contributed by atoms with Crippen molar-refractivity contribution >= 4 is 29.2 Å². The van der Waals surface area contributed by atoms with Gasteiger partial charge in [-0.15, -0.1) is 11.8 Å². The molecular formula is C10H9ClFN3S. The van der Waals surface area contributed by atoms with Crippen molar-refractivity contribution in [1.29, 1.82) is 0 Å². The fourth-order valence-corrected chi connectivity index (χ4v) is 1.89. The Morgan fingerprint density at radius 2 is 2.25 bits per heavy atom. The molecule has 0 unspecified atom stereocenters. The lowest BCUT2D eigenvalue weighted by molar-refractivity contribution is 0.626. The molecule has 84 valence electrons. The van der Waals surface area contributed by atoms with Crippen LogP contribution in [0.3, 0.4) is 0 Å². The van der Waals surface area contributed by atoms with E-state index in [2.05, 4.69) is 5.10 Å². The van der Waals surface area contributed by atoms with Crippen LogP contribution in [0.4, 0.5) is 10.2 Å². The summed E-state index contributed by atoms with van der Waals surface area (Å²) in [6, 6.07) is 4.45. The summed E-state index contributed by atoms with van der Waals surface area (Å²) in [5.74, 6) is 0.00832. The Kier molecular flexibility index (Phi) is 3.07. The summed E-state index contributed by atoms with van der Waals surface area (Å²) in [7, 11) is 0. The second kappa shape index (κ2) is 4.35. The van der Waals surface area contributed by atoms with Crippen molar-refractivity contribution in [2.45, 2.75) is 4.90 Å². The minimum atomic E-state index is -0.486. The van der Waals surface area contributed by atoms with Gasteiger partial charge < -0.3 is 5.73 Å². The second-order valence-corrected chi connectivity index (χ2v) is 4.36. The molecule has 1 aromatic carbocycles. The molecule has 0 fully saturated rings. The van der Waals surface area contributed by atoms with Crippen LogP contribution in [0.2, 0.25) is 5.02 Å². The van der Waals surface area contributed by atoms with Crippen molar-refractivity contribution in [3.8, 4) is 5.69 Å². The number of rotatable bonds is 2. The zero-order chi connectivity index (χ0) is 11.7. The lowest BCUT2D eigenvalue weighted by Crippen LogP contribution is -2.02. The Morgan fingerprint density at radius 3 is 2.81 bits per heavy atom. The molecule has 0 amide bonds. The zero-order valence-electron chi connectivity index (χ0n) is 8.45. The monoisotopic (exact) mass is 257 g/mol. The number of aromatic nitrogens is 2. The first-order valence-electron chi connectivity index (χ1n) is 4.46. The van der Waals surface area contributed by atoms with E-state index >= 15 is 0 Å². The molecule has 2 aromatic rings. The van der Waals surface area contributed by atoms with Crippen molar-refractivity contribution in [3.05, 3.63) is 35.2 Å². The number of hydrogen-bond donors (Lipinski definition) is 1.